The van der Waals surface area contributed by atoms with Crippen molar-refractivity contribution in [2.45, 2.75) is 6.92 Å². The van der Waals surface area contributed by atoms with Crippen LogP contribution in [0, 0.1) is 6.92 Å². The van der Waals surface area contributed by atoms with E-state index < -0.39 is 0 Å². The second kappa shape index (κ2) is 8.98. The minimum atomic E-state index is -0.0733. The maximum absolute atomic E-state index is 13.1. The van der Waals surface area contributed by atoms with Crippen molar-refractivity contribution in [3.05, 3.63) is 88.8 Å². The fourth-order valence-electron chi connectivity index (χ4n) is 3.77. The molecule has 0 atom stereocenters. The number of ether oxygens (including phenoxy) is 3. The molecule has 0 fully saturated rings. The van der Waals surface area contributed by atoms with Crippen molar-refractivity contribution in [2.75, 3.05) is 21.3 Å². The lowest BCUT2D eigenvalue weighted by atomic mass is 10.0. The molecule has 0 amide bonds. The molecule has 0 N–H and O–H groups in total. The van der Waals surface area contributed by atoms with Gasteiger partial charge in [-0.1, -0.05) is 30.3 Å². The zero-order chi connectivity index (χ0) is 22.7. The summed E-state index contributed by atoms with van der Waals surface area (Å²) >= 11 is 0. The first-order valence-electron chi connectivity index (χ1n) is 10.1. The predicted octanol–water partition coefficient (Wildman–Crippen LogP) is 4.90. The molecule has 6 nitrogen and oxygen atoms in total. The standard InChI is InChI=1S/C26H24N2O4/c1-17-24(29)15-23(18-8-6-5-7-9-18)28(19-12-20(30-2)14-21(13-19)31-3)26(17)22-16-27-11-10-25(22)32-4/h5-16H,1-4H3. The van der Waals surface area contributed by atoms with E-state index >= 15 is 0 Å². The van der Waals surface area contributed by atoms with Crippen LogP contribution in [0.15, 0.2) is 77.9 Å². The second-order valence-corrected chi connectivity index (χ2v) is 7.22. The highest BCUT2D eigenvalue weighted by Gasteiger charge is 2.21. The van der Waals surface area contributed by atoms with Crippen LogP contribution in [-0.4, -0.2) is 30.9 Å². The Labute approximate surface area is 186 Å². The first kappa shape index (κ1) is 21.2. The van der Waals surface area contributed by atoms with Crippen LogP contribution in [0.25, 0.3) is 28.2 Å². The van der Waals surface area contributed by atoms with Crippen LogP contribution in [0.2, 0.25) is 0 Å². The first-order valence-corrected chi connectivity index (χ1v) is 10.1. The molecule has 4 aromatic rings. The van der Waals surface area contributed by atoms with E-state index in [0.29, 0.717) is 34.1 Å². The molecule has 0 saturated heterocycles. The molecule has 0 bridgehead atoms. The average Bonchev–Trinajstić information content (AvgIpc) is 2.85. The molecule has 0 radical (unpaired) electrons. The Kier molecular flexibility index (Phi) is 5.94. The van der Waals surface area contributed by atoms with Gasteiger partial charge in [-0.15, -0.1) is 0 Å². The summed E-state index contributed by atoms with van der Waals surface area (Å²) in [5, 5.41) is 0. The van der Waals surface area contributed by atoms with Gasteiger partial charge in [-0.05, 0) is 18.6 Å². The number of rotatable bonds is 6. The Balaban J connectivity index is 2.18. The Morgan fingerprint density at radius 3 is 2.16 bits per heavy atom. The summed E-state index contributed by atoms with van der Waals surface area (Å²) in [7, 11) is 4.82. The van der Waals surface area contributed by atoms with Crippen LogP contribution >= 0.6 is 0 Å². The highest BCUT2D eigenvalue weighted by Crippen LogP contribution is 2.37. The van der Waals surface area contributed by atoms with Gasteiger partial charge in [-0.25, -0.2) is 0 Å². The molecule has 0 aliphatic rings. The van der Waals surface area contributed by atoms with Gasteiger partial charge in [0.25, 0.3) is 0 Å². The van der Waals surface area contributed by atoms with Gasteiger partial charge in [0.2, 0.25) is 0 Å². The largest absolute Gasteiger partial charge is 0.497 e. The molecule has 32 heavy (non-hydrogen) atoms. The smallest absolute Gasteiger partial charge is 0.185 e. The molecule has 0 spiro atoms. The molecule has 0 unspecified atom stereocenters. The molecule has 6 heteroatoms. The Morgan fingerprint density at radius 2 is 1.53 bits per heavy atom. The molecule has 162 valence electrons. The van der Waals surface area contributed by atoms with Crippen LogP contribution in [0.4, 0.5) is 0 Å². The van der Waals surface area contributed by atoms with Crippen molar-refractivity contribution >= 4 is 0 Å². The van der Waals surface area contributed by atoms with Gasteiger partial charge >= 0.3 is 0 Å². The maximum Gasteiger partial charge on any atom is 0.185 e. The quantitative estimate of drug-likeness (QED) is 0.437. The number of benzene rings is 2. The van der Waals surface area contributed by atoms with E-state index in [9.17, 15) is 4.79 Å². The highest BCUT2D eigenvalue weighted by atomic mass is 16.5. The maximum atomic E-state index is 13.1. The summed E-state index contributed by atoms with van der Waals surface area (Å²) in [6.07, 6.45) is 3.37. The third kappa shape index (κ3) is 3.83. The van der Waals surface area contributed by atoms with E-state index in [0.717, 1.165) is 16.9 Å². The van der Waals surface area contributed by atoms with Gasteiger partial charge in [-0.2, -0.15) is 0 Å². The zero-order valence-electron chi connectivity index (χ0n) is 18.5. The van der Waals surface area contributed by atoms with Gasteiger partial charge < -0.3 is 18.8 Å². The second-order valence-electron chi connectivity index (χ2n) is 7.22. The van der Waals surface area contributed by atoms with Crippen molar-refractivity contribution in [3.8, 4) is 45.5 Å². The number of pyridine rings is 2. The fraction of sp³-hybridized carbons (Fsp3) is 0.154. The summed E-state index contributed by atoms with van der Waals surface area (Å²) in [4.78, 5) is 17.4. The third-order valence-electron chi connectivity index (χ3n) is 5.38. The van der Waals surface area contributed by atoms with Gasteiger partial charge in [0.1, 0.15) is 17.2 Å². The SMILES string of the molecule is COc1cc(OC)cc(-n2c(-c3ccccc3)cc(=O)c(C)c2-c2cnccc2OC)c1. The van der Waals surface area contributed by atoms with Crippen molar-refractivity contribution < 1.29 is 14.2 Å². The summed E-state index contributed by atoms with van der Waals surface area (Å²) < 4.78 is 18.7. The van der Waals surface area contributed by atoms with E-state index in [1.54, 1.807) is 45.9 Å². The van der Waals surface area contributed by atoms with Crippen LogP contribution in [0.3, 0.4) is 0 Å². The topological polar surface area (TPSA) is 62.6 Å². The number of nitrogens with zero attached hydrogens (tertiary/aromatic N) is 2. The van der Waals surface area contributed by atoms with E-state index in [-0.39, 0.29) is 5.43 Å². The van der Waals surface area contributed by atoms with Crippen molar-refractivity contribution in [3.63, 3.8) is 0 Å². The number of aromatic nitrogens is 2. The molecule has 4 rings (SSSR count). The normalized spacial score (nSPS) is 10.6. The molecule has 0 saturated carbocycles. The molecule has 0 aliphatic heterocycles. The third-order valence-corrected chi connectivity index (χ3v) is 5.38. The number of hydrogen-bond donors (Lipinski definition) is 0. The predicted molar refractivity (Wildman–Crippen MR) is 125 cm³/mol. The van der Waals surface area contributed by atoms with Crippen LogP contribution in [0.1, 0.15) is 5.56 Å². The summed E-state index contributed by atoms with van der Waals surface area (Å²) in [5.41, 5.74) is 4.33. The van der Waals surface area contributed by atoms with Crippen LogP contribution in [-0.2, 0) is 0 Å². The zero-order valence-corrected chi connectivity index (χ0v) is 18.5. The highest BCUT2D eigenvalue weighted by molar-refractivity contribution is 5.76. The monoisotopic (exact) mass is 428 g/mol. The average molecular weight is 428 g/mol. The van der Waals surface area contributed by atoms with Gasteiger partial charge in [0.15, 0.2) is 5.43 Å². The minimum absolute atomic E-state index is 0.0733. The molecule has 2 aromatic heterocycles. The van der Waals surface area contributed by atoms with E-state index in [1.165, 1.54) is 0 Å². The Hall–Kier alpha value is -4.06. The lowest BCUT2D eigenvalue weighted by Crippen LogP contribution is -2.16. The molecule has 2 heterocycles. The molecular weight excluding hydrogens is 404 g/mol. The van der Waals surface area contributed by atoms with Crippen molar-refractivity contribution in [1.29, 1.82) is 0 Å². The molecule has 0 aliphatic carbocycles. The lowest BCUT2D eigenvalue weighted by molar-refractivity contribution is 0.394. The summed E-state index contributed by atoms with van der Waals surface area (Å²) in [5.74, 6) is 1.90. The van der Waals surface area contributed by atoms with Gasteiger partial charge in [-0.3, -0.25) is 9.78 Å². The van der Waals surface area contributed by atoms with Crippen molar-refractivity contribution in [1.82, 2.24) is 9.55 Å². The Morgan fingerprint density at radius 1 is 0.844 bits per heavy atom. The van der Waals surface area contributed by atoms with Crippen LogP contribution < -0.4 is 19.6 Å². The fourth-order valence-corrected chi connectivity index (χ4v) is 3.77. The molecule has 2 aromatic carbocycles. The van der Waals surface area contributed by atoms with Gasteiger partial charge in [0, 0.05) is 42.2 Å². The van der Waals surface area contributed by atoms with E-state index in [1.807, 2.05) is 60.0 Å². The van der Waals surface area contributed by atoms with E-state index in [4.69, 9.17) is 14.2 Å². The lowest BCUT2D eigenvalue weighted by Gasteiger charge is -2.23. The van der Waals surface area contributed by atoms with Crippen LogP contribution in [0.5, 0.6) is 17.2 Å². The van der Waals surface area contributed by atoms with Gasteiger partial charge in [0.05, 0.1) is 44.0 Å². The first-order chi connectivity index (χ1) is 15.6. The number of hydrogen-bond acceptors (Lipinski definition) is 5. The summed E-state index contributed by atoms with van der Waals surface area (Å²) in [6, 6.07) is 18.8. The van der Waals surface area contributed by atoms with E-state index in [2.05, 4.69) is 4.98 Å². The van der Waals surface area contributed by atoms with Crippen molar-refractivity contribution in [2.24, 2.45) is 0 Å². The minimum Gasteiger partial charge on any atom is -0.497 e. The summed E-state index contributed by atoms with van der Waals surface area (Å²) in [6.45, 7) is 1.81. The number of methoxy groups -OCH3 is 3. The Bertz CT molecular complexity index is 1290. The molecular formula is C26H24N2O4.